The van der Waals surface area contributed by atoms with E-state index in [1.165, 1.54) is 11.3 Å². The molecule has 1 atom stereocenters. The van der Waals surface area contributed by atoms with Crippen molar-refractivity contribution in [1.29, 1.82) is 0 Å². The summed E-state index contributed by atoms with van der Waals surface area (Å²) in [5.41, 5.74) is 3.51. The second-order valence-electron chi connectivity index (χ2n) is 6.03. The van der Waals surface area contributed by atoms with Crippen LogP contribution in [0.3, 0.4) is 0 Å². The van der Waals surface area contributed by atoms with Crippen molar-refractivity contribution in [3.8, 4) is 5.75 Å². The molecule has 4 rings (SSSR count). The highest BCUT2D eigenvalue weighted by Gasteiger charge is 2.31. The highest BCUT2D eigenvalue weighted by Crippen LogP contribution is 2.27. The van der Waals surface area contributed by atoms with E-state index in [4.69, 9.17) is 4.74 Å². The lowest BCUT2D eigenvalue weighted by molar-refractivity contribution is 0.0602. The molecular weight excluding hydrogens is 336 g/mol. The third kappa shape index (κ3) is 3.15. The number of hydrogen-bond donors (Lipinski definition) is 0. The molecule has 0 N–H and O–H groups in total. The Morgan fingerprint density at radius 1 is 1.40 bits per heavy atom. The monoisotopic (exact) mass is 354 g/mol. The van der Waals surface area contributed by atoms with Crippen molar-refractivity contribution in [1.82, 2.24) is 19.4 Å². The summed E-state index contributed by atoms with van der Waals surface area (Å²) in [7, 11) is 0. The molecule has 0 fully saturated rings. The van der Waals surface area contributed by atoms with Crippen molar-refractivity contribution in [2.45, 2.75) is 26.1 Å². The van der Waals surface area contributed by atoms with Crippen molar-refractivity contribution in [3.05, 3.63) is 64.6 Å². The van der Waals surface area contributed by atoms with Gasteiger partial charge in [0.25, 0.3) is 5.91 Å². The molecule has 1 aliphatic heterocycles. The van der Waals surface area contributed by atoms with Crippen molar-refractivity contribution in [2.75, 3.05) is 6.61 Å². The zero-order valence-corrected chi connectivity index (χ0v) is 14.6. The molecule has 0 bridgehead atoms. The van der Waals surface area contributed by atoms with Crippen LogP contribution < -0.4 is 4.74 Å². The lowest BCUT2D eigenvalue weighted by Crippen LogP contribution is -2.44. The number of amides is 1. The average Bonchev–Trinajstić information content (AvgIpc) is 3.24. The number of carbonyl (C=O) groups excluding carboxylic acids is 1. The van der Waals surface area contributed by atoms with E-state index in [1.54, 1.807) is 18.0 Å². The van der Waals surface area contributed by atoms with Gasteiger partial charge in [-0.3, -0.25) is 4.79 Å². The van der Waals surface area contributed by atoms with E-state index in [0.29, 0.717) is 24.6 Å². The number of fused-ring (bicyclic) bond motifs is 1. The summed E-state index contributed by atoms with van der Waals surface area (Å²) >= 11 is 1.39. The van der Waals surface area contributed by atoms with E-state index in [9.17, 15) is 4.79 Å². The number of aromatic nitrogens is 3. The summed E-state index contributed by atoms with van der Waals surface area (Å²) in [5, 5.41) is 0. The SMILES string of the molecule is Cc1ncsc1C(=O)N1Cc2ccccc2OC[C@H]1Cn1ccnc1. The molecule has 0 saturated carbocycles. The normalized spacial score (nSPS) is 16.8. The predicted molar refractivity (Wildman–Crippen MR) is 94.7 cm³/mol. The predicted octanol–water partition coefficient (Wildman–Crippen LogP) is 2.75. The first kappa shape index (κ1) is 15.8. The molecule has 3 aromatic rings. The van der Waals surface area contributed by atoms with E-state index in [1.807, 2.05) is 46.9 Å². The number of benzene rings is 1. The number of thiazole rings is 1. The van der Waals surface area contributed by atoms with Gasteiger partial charge in [0.2, 0.25) is 0 Å². The molecule has 0 spiro atoms. The Morgan fingerprint density at radius 2 is 2.28 bits per heavy atom. The molecule has 0 aliphatic carbocycles. The van der Waals surface area contributed by atoms with Gasteiger partial charge < -0.3 is 14.2 Å². The standard InChI is InChI=1S/C18H18N4O2S/c1-13-17(25-12-20-13)18(23)22-8-14-4-2-3-5-16(14)24-10-15(22)9-21-7-6-19-11-21/h2-7,11-12,15H,8-10H2,1H3/t15-/m1/s1. The van der Waals surface area contributed by atoms with Crippen LogP contribution in [0.1, 0.15) is 20.9 Å². The van der Waals surface area contributed by atoms with Crippen LogP contribution in [0.15, 0.2) is 48.5 Å². The van der Waals surface area contributed by atoms with Crippen molar-refractivity contribution in [2.24, 2.45) is 0 Å². The van der Waals surface area contributed by atoms with Crippen LogP contribution >= 0.6 is 11.3 Å². The third-order valence-corrected chi connectivity index (χ3v) is 5.28. The summed E-state index contributed by atoms with van der Waals surface area (Å²) in [6.07, 6.45) is 5.41. The number of rotatable bonds is 3. The smallest absolute Gasteiger partial charge is 0.266 e. The van der Waals surface area contributed by atoms with Gasteiger partial charge in [-0.1, -0.05) is 18.2 Å². The van der Waals surface area contributed by atoms with Crippen LogP contribution in [0.4, 0.5) is 0 Å². The molecule has 2 aromatic heterocycles. The maximum atomic E-state index is 13.2. The van der Waals surface area contributed by atoms with E-state index in [-0.39, 0.29) is 11.9 Å². The Kier molecular flexibility index (Phi) is 4.23. The highest BCUT2D eigenvalue weighted by molar-refractivity contribution is 7.11. The molecule has 0 radical (unpaired) electrons. The van der Waals surface area contributed by atoms with Gasteiger partial charge in [0, 0.05) is 24.5 Å². The van der Waals surface area contributed by atoms with Crippen molar-refractivity contribution in [3.63, 3.8) is 0 Å². The number of para-hydroxylation sites is 1. The van der Waals surface area contributed by atoms with Crippen LogP contribution in [-0.4, -0.2) is 38.0 Å². The van der Waals surface area contributed by atoms with E-state index in [2.05, 4.69) is 9.97 Å². The number of hydrogen-bond acceptors (Lipinski definition) is 5. The lowest BCUT2D eigenvalue weighted by Gasteiger charge is -2.29. The largest absolute Gasteiger partial charge is 0.491 e. The minimum absolute atomic E-state index is 0.00502. The Hall–Kier alpha value is -2.67. The Balaban J connectivity index is 1.68. The molecular formula is C18H18N4O2S. The van der Waals surface area contributed by atoms with Gasteiger partial charge in [-0.25, -0.2) is 9.97 Å². The topological polar surface area (TPSA) is 60.3 Å². The number of ether oxygens (including phenoxy) is 1. The molecule has 1 aromatic carbocycles. The third-order valence-electron chi connectivity index (χ3n) is 4.37. The maximum Gasteiger partial charge on any atom is 0.266 e. The fourth-order valence-electron chi connectivity index (χ4n) is 3.03. The molecule has 0 saturated heterocycles. The molecule has 3 heterocycles. The highest BCUT2D eigenvalue weighted by atomic mass is 32.1. The molecule has 7 heteroatoms. The van der Waals surface area contributed by atoms with E-state index >= 15 is 0 Å². The minimum Gasteiger partial charge on any atom is -0.491 e. The average molecular weight is 354 g/mol. The lowest BCUT2D eigenvalue weighted by atomic mass is 10.1. The Morgan fingerprint density at radius 3 is 3.04 bits per heavy atom. The van der Waals surface area contributed by atoms with Crippen LogP contribution in [0.25, 0.3) is 0 Å². The molecule has 6 nitrogen and oxygen atoms in total. The number of carbonyl (C=O) groups is 1. The molecule has 0 unspecified atom stereocenters. The van der Waals surface area contributed by atoms with Crippen LogP contribution in [0.2, 0.25) is 0 Å². The fraction of sp³-hybridized carbons (Fsp3) is 0.278. The zero-order chi connectivity index (χ0) is 17.2. The van der Waals surface area contributed by atoms with Gasteiger partial charge in [-0.2, -0.15) is 0 Å². The Bertz CT molecular complexity index is 875. The number of aryl methyl sites for hydroxylation is 1. The van der Waals surface area contributed by atoms with Gasteiger partial charge in [0.15, 0.2) is 0 Å². The summed E-state index contributed by atoms with van der Waals surface area (Å²) in [4.78, 5) is 24.1. The van der Waals surface area contributed by atoms with Crippen LogP contribution in [0.5, 0.6) is 5.75 Å². The maximum absolute atomic E-state index is 13.2. The second-order valence-corrected chi connectivity index (χ2v) is 6.89. The first-order valence-electron chi connectivity index (χ1n) is 8.10. The summed E-state index contributed by atoms with van der Waals surface area (Å²) in [5.74, 6) is 0.847. The molecule has 128 valence electrons. The minimum atomic E-state index is -0.0874. The van der Waals surface area contributed by atoms with Gasteiger partial charge >= 0.3 is 0 Å². The van der Waals surface area contributed by atoms with Crippen molar-refractivity contribution >= 4 is 17.2 Å². The van der Waals surface area contributed by atoms with E-state index < -0.39 is 0 Å². The van der Waals surface area contributed by atoms with Crippen LogP contribution in [0, 0.1) is 6.92 Å². The second kappa shape index (κ2) is 6.68. The van der Waals surface area contributed by atoms with Crippen molar-refractivity contribution < 1.29 is 9.53 Å². The van der Waals surface area contributed by atoms with E-state index in [0.717, 1.165) is 17.0 Å². The molecule has 25 heavy (non-hydrogen) atoms. The summed E-state index contributed by atoms with van der Waals surface area (Å²) < 4.78 is 7.97. The molecule has 1 amide bonds. The van der Waals surface area contributed by atoms with Gasteiger partial charge in [0.1, 0.15) is 17.2 Å². The zero-order valence-electron chi connectivity index (χ0n) is 13.8. The number of nitrogens with zero attached hydrogens (tertiary/aromatic N) is 4. The van der Waals surface area contributed by atoms with Gasteiger partial charge in [-0.05, 0) is 13.0 Å². The Labute approximate surface area is 149 Å². The first-order chi connectivity index (χ1) is 12.2. The summed E-state index contributed by atoms with van der Waals surface area (Å²) in [6.45, 7) is 3.47. The fourth-order valence-corrected chi connectivity index (χ4v) is 3.79. The number of imidazole rings is 1. The summed E-state index contributed by atoms with van der Waals surface area (Å²) in [6, 6.07) is 7.80. The van der Waals surface area contributed by atoms with Gasteiger partial charge in [-0.15, -0.1) is 11.3 Å². The van der Waals surface area contributed by atoms with Crippen LogP contribution in [-0.2, 0) is 13.1 Å². The van der Waals surface area contributed by atoms with Gasteiger partial charge in [0.05, 0.1) is 30.1 Å². The first-order valence-corrected chi connectivity index (χ1v) is 8.98. The quantitative estimate of drug-likeness (QED) is 0.726. The molecule has 1 aliphatic rings.